The van der Waals surface area contributed by atoms with Crippen molar-refractivity contribution in [3.8, 4) is 5.88 Å². The number of amides is 1. The Balaban J connectivity index is 1.33. The molecule has 150 valence electrons. The first-order valence-corrected chi connectivity index (χ1v) is 10.9. The van der Waals surface area contributed by atoms with Crippen LogP contribution in [0, 0.1) is 29.1 Å². The van der Waals surface area contributed by atoms with Gasteiger partial charge in [0.05, 0.1) is 12.8 Å². The van der Waals surface area contributed by atoms with Crippen LogP contribution in [0.25, 0.3) is 0 Å². The Morgan fingerprint density at radius 3 is 2.74 bits per heavy atom. The Morgan fingerprint density at radius 1 is 1.26 bits per heavy atom. The molecule has 0 aliphatic heterocycles. The van der Waals surface area contributed by atoms with E-state index in [-0.39, 0.29) is 5.91 Å². The van der Waals surface area contributed by atoms with Crippen LogP contribution < -0.4 is 10.1 Å². The zero-order valence-electron chi connectivity index (χ0n) is 17.2. The van der Waals surface area contributed by atoms with E-state index in [1.807, 2.05) is 7.05 Å². The molecule has 1 aromatic heterocycles. The van der Waals surface area contributed by atoms with E-state index in [0.29, 0.717) is 35.3 Å². The third kappa shape index (κ3) is 3.62. The minimum atomic E-state index is -0.0407. The summed E-state index contributed by atoms with van der Waals surface area (Å²) < 4.78 is 7.75. The molecule has 3 atom stereocenters. The van der Waals surface area contributed by atoms with Crippen LogP contribution in [0.1, 0.15) is 75.6 Å². The second kappa shape index (κ2) is 7.48. The van der Waals surface area contributed by atoms with Crippen LogP contribution in [0.15, 0.2) is 6.20 Å². The molecule has 2 bridgehead atoms. The fraction of sp³-hybridized carbons (Fsp3) is 0.818. The molecule has 5 nitrogen and oxygen atoms in total. The van der Waals surface area contributed by atoms with Gasteiger partial charge in [0.2, 0.25) is 5.88 Å². The van der Waals surface area contributed by atoms with E-state index in [1.165, 1.54) is 51.4 Å². The average molecular weight is 374 g/mol. The summed E-state index contributed by atoms with van der Waals surface area (Å²) in [5.41, 5.74) is 1.03. The number of aromatic nitrogens is 2. The lowest BCUT2D eigenvalue weighted by atomic mass is 9.45. The minimum Gasteiger partial charge on any atom is -0.477 e. The number of nitrogens with zero attached hydrogens (tertiary/aromatic N) is 2. The van der Waals surface area contributed by atoms with E-state index >= 15 is 0 Å². The first-order valence-electron chi connectivity index (χ1n) is 10.9. The quantitative estimate of drug-likeness (QED) is 0.814. The van der Waals surface area contributed by atoms with Gasteiger partial charge in [0, 0.05) is 13.6 Å². The Kier molecular flexibility index (Phi) is 5.21. The van der Waals surface area contributed by atoms with E-state index in [2.05, 4.69) is 24.3 Å². The van der Waals surface area contributed by atoms with E-state index in [0.717, 1.165) is 18.4 Å². The van der Waals surface area contributed by atoms with Crippen molar-refractivity contribution in [3.05, 3.63) is 11.8 Å². The summed E-state index contributed by atoms with van der Waals surface area (Å²) in [7, 11) is 1.85. The third-order valence-electron chi connectivity index (χ3n) is 7.84. The zero-order chi connectivity index (χ0) is 19.0. The van der Waals surface area contributed by atoms with Crippen LogP contribution in [-0.4, -0.2) is 28.8 Å². The molecule has 4 aliphatic carbocycles. The maximum Gasteiger partial charge on any atom is 0.258 e. The minimum absolute atomic E-state index is 0.0407. The monoisotopic (exact) mass is 373 g/mol. The van der Waals surface area contributed by atoms with Crippen molar-refractivity contribution in [1.29, 1.82) is 0 Å². The summed E-state index contributed by atoms with van der Waals surface area (Å²) in [6.45, 7) is 6.27. The van der Waals surface area contributed by atoms with Gasteiger partial charge in [-0.25, -0.2) is 4.68 Å². The van der Waals surface area contributed by atoms with Gasteiger partial charge in [-0.1, -0.05) is 33.1 Å². The topological polar surface area (TPSA) is 56.2 Å². The highest BCUT2D eigenvalue weighted by molar-refractivity contribution is 5.96. The lowest BCUT2D eigenvalue weighted by molar-refractivity contribution is -0.103. The predicted molar refractivity (Wildman–Crippen MR) is 106 cm³/mol. The van der Waals surface area contributed by atoms with Crippen LogP contribution in [0.5, 0.6) is 5.88 Å². The van der Waals surface area contributed by atoms with Crippen molar-refractivity contribution in [2.24, 2.45) is 36.1 Å². The van der Waals surface area contributed by atoms with Crippen LogP contribution in [0.2, 0.25) is 0 Å². The molecule has 0 spiro atoms. The fourth-order valence-corrected chi connectivity index (χ4v) is 5.83. The van der Waals surface area contributed by atoms with Gasteiger partial charge in [0.25, 0.3) is 5.91 Å². The van der Waals surface area contributed by atoms with E-state index in [9.17, 15) is 4.79 Å². The van der Waals surface area contributed by atoms with Crippen molar-refractivity contribution in [3.63, 3.8) is 0 Å². The summed E-state index contributed by atoms with van der Waals surface area (Å²) in [5, 5.41) is 7.45. The maximum absolute atomic E-state index is 12.8. The fourth-order valence-electron chi connectivity index (χ4n) is 5.83. The molecule has 1 N–H and O–H groups in total. The summed E-state index contributed by atoms with van der Waals surface area (Å²) in [4.78, 5) is 12.8. The third-order valence-corrected chi connectivity index (χ3v) is 7.84. The molecule has 1 amide bonds. The van der Waals surface area contributed by atoms with E-state index in [4.69, 9.17) is 4.74 Å². The van der Waals surface area contributed by atoms with Crippen molar-refractivity contribution < 1.29 is 9.53 Å². The predicted octanol–water partition coefficient (Wildman–Crippen LogP) is 4.18. The van der Waals surface area contributed by atoms with E-state index < -0.39 is 0 Å². The normalized spacial score (nSPS) is 29.8. The van der Waals surface area contributed by atoms with Crippen LogP contribution >= 0.6 is 0 Å². The molecule has 1 aromatic rings. The summed E-state index contributed by atoms with van der Waals surface area (Å²) in [5.74, 6) is 3.45. The smallest absolute Gasteiger partial charge is 0.258 e. The largest absolute Gasteiger partial charge is 0.477 e. The Morgan fingerprint density at radius 2 is 2.04 bits per heavy atom. The number of hydrogen-bond acceptors (Lipinski definition) is 3. The maximum atomic E-state index is 12.8. The molecule has 0 saturated heterocycles. The molecule has 1 heterocycles. The molecular formula is C22H35N3O2. The number of carbonyl (C=O) groups is 1. The number of ether oxygens (including phenoxy) is 1. The summed E-state index contributed by atoms with van der Waals surface area (Å²) >= 11 is 0. The Hall–Kier alpha value is -1.52. The number of nitrogens with one attached hydrogen (secondary N) is 1. The molecular weight excluding hydrogens is 338 g/mol. The molecule has 1 unspecified atom stereocenters. The molecule has 5 heteroatoms. The van der Waals surface area contributed by atoms with Crippen LogP contribution in [-0.2, 0) is 7.05 Å². The van der Waals surface area contributed by atoms with Gasteiger partial charge in [-0.15, -0.1) is 0 Å². The standard InChI is InChI=1S/C22H35N3O2/c1-22(2)17-10-9-16(19(22)11-17)12-23-20(26)18-13-24-25(3)21(18)27-14-15-7-5-4-6-8-15/h13,15-17,19H,4-12,14H2,1-3H3,(H,23,26)/t16-,17?,19+/m1/s1. The highest BCUT2D eigenvalue weighted by Gasteiger charge is 2.53. The van der Waals surface area contributed by atoms with Gasteiger partial charge in [-0.05, 0) is 61.2 Å². The Bertz CT molecular complexity index is 673. The molecule has 4 fully saturated rings. The summed E-state index contributed by atoms with van der Waals surface area (Å²) in [6.07, 6.45) is 12.0. The van der Waals surface area contributed by atoms with Crippen molar-refractivity contribution >= 4 is 5.91 Å². The molecule has 0 aromatic carbocycles. The van der Waals surface area contributed by atoms with Gasteiger partial charge < -0.3 is 10.1 Å². The lowest BCUT2D eigenvalue weighted by Crippen LogP contribution is -2.54. The first kappa shape index (κ1) is 18.8. The Labute approximate surface area is 163 Å². The summed E-state index contributed by atoms with van der Waals surface area (Å²) in [6, 6.07) is 0. The number of carbonyl (C=O) groups excluding carboxylic acids is 1. The first-order chi connectivity index (χ1) is 13.0. The van der Waals surface area contributed by atoms with Gasteiger partial charge in [0.15, 0.2) is 0 Å². The van der Waals surface area contributed by atoms with Crippen molar-refractivity contribution in [2.45, 2.75) is 65.2 Å². The molecule has 0 radical (unpaired) electrons. The van der Waals surface area contributed by atoms with E-state index in [1.54, 1.807) is 10.9 Å². The number of hydrogen-bond donors (Lipinski definition) is 1. The highest BCUT2D eigenvalue weighted by atomic mass is 16.5. The number of rotatable bonds is 6. The molecule has 27 heavy (non-hydrogen) atoms. The number of aryl methyl sites for hydroxylation is 1. The number of fused-ring (bicyclic) bond motifs is 2. The molecule has 4 saturated carbocycles. The molecule has 5 rings (SSSR count). The SMILES string of the molecule is Cn1ncc(C(=O)NC[C@H]2CCC3C[C@@H]2C3(C)C)c1OCC1CCCCC1. The van der Waals surface area contributed by atoms with Crippen LogP contribution in [0.4, 0.5) is 0 Å². The van der Waals surface area contributed by atoms with Gasteiger partial charge >= 0.3 is 0 Å². The van der Waals surface area contributed by atoms with Gasteiger partial charge in [-0.2, -0.15) is 5.10 Å². The van der Waals surface area contributed by atoms with Crippen molar-refractivity contribution in [1.82, 2.24) is 15.1 Å². The molecule has 4 aliphatic rings. The second-order valence-corrected chi connectivity index (χ2v) is 9.71. The zero-order valence-corrected chi connectivity index (χ0v) is 17.2. The average Bonchev–Trinajstić information content (AvgIpc) is 3.05. The van der Waals surface area contributed by atoms with Crippen molar-refractivity contribution in [2.75, 3.05) is 13.2 Å². The lowest BCUT2D eigenvalue weighted by Gasteiger charge is -2.60. The van der Waals surface area contributed by atoms with Gasteiger partial charge in [-0.3, -0.25) is 4.79 Å². The van der Waals surface area contributed by atoms with Crippen LogP contribution in [0.3, 0.4) is 0 Å². The second-order valence-electron chi connectivity index (χ2n) is 9.71. The van der Waals surface area contributed by atoms with Gasteiger partial charge in [0.1, 0.15) is 5.56 Å². The highest BCUT2D eigenvalue weighted by Crippen LogP contribution is 2.61.